The van der Waals surface area contributed by atoms with Crippen LogP contribution in [0.1, 0.15) is 22.4 Å². The van der Waals surface area contributed by atoms with Gasteiger partial charge in [-0.25, -0.2) is 4.98 Å². The molecule has 1 aromatic carbocycles. The average Bonchev–Trinajstić information content (AvgIpc) is 3.24. The van der Waals surface area contributed by atoms with Crippen LogP contribution in [-0.2, 0) is 22.5 Å². The highest BCUT2D eigenvalue weighted by atomic mass is 32.1. The van der Waals surface area contributed by atoms with Crippen molar-refractivity contribution in [2.45, 2.75) is 19.9 Å². The summed E-state index contributed by atoms with van der Waals surface area (Å²) in [5.41, 5.74) is 1.71. The van der Waals surface area contributed by atoms with Gasteiger partial charge in [-0.2, -0.15) is 0 Å². The Hall–Kier alpha value is -2.67. The van der Waals surface area contributed by atoms with E-state index in [1.807, 2.05) is 40.3 Å². The number of carbonyl (C=O) groups excluding carboxylic acids is 2. The van der Waals surface area contributed by atoms with Gasteiger partial charge in [0.15, 0.2) is 0 Å². The second kappa shape index (κ2) is 7.94. The molecule has 0 fully saturated rings. The summed E-state index contributed by atoms with van der Waals surface area (Å²) in [7, 11) is 0. The van der Waals surface area contributed by atoms with Crippen LogP contribution in [0.5, 0.6) is 0 Å². The van der Waals surface area contributed by atoms with E-state index in [0.717, 1.165) is 16.9 Å². The molecule has 0 bridgehead atoms. The number of amides is 1. The van der Waals surface area contributed by atoms with E-state index in [0.29, 0.717) is 24.4 Å². The van der Waals surface area contributed by atoms with Crippen molar-refractivity contribution in [1.29, 1.82) is 0 Å². The van der Waals surface area contributed by atoms with Crippen LogP contribution in [0.25, 0.3) is 11.0 Å². The summed E-state index contributed by atoms with van der Waals surface area (Å²) in [5, 5.41) is 4.75. The zero-order valence-electron chi connectivity index (χ0n) is 13.9. The molecule has 25 heavy (non-hydrogen) atoms. The molecule has 0 aliphatic heterocycles. The van der Waals surface area contributed by atoms with Crippen LogP contribution in [0.15, 0.2) is 41.8 Å². The number of hydrogen-bond donors (Lipinski definition) is 1. The summed E-state index contributed by atoms with van der Waals surface area (Å²) < 4.78 is 6.91. The van der Waals surface area contributed by atoms with E-state index in [9.17, 15) is 9.59 Å². The third-order valence-corrected chi connectivity index (χ3v) is 4.57. The molecule has 130 valence electrons. The lowest BCUT2D eigenvalue weighted by atomic mass is 10.3. The Labute approximate surface area is 149 Å². The number of para-hydroxylation sites is 2. The monoisotopic (exact) mass is 357 g/mol. The van der Waals surface area contributed by atoms with Gasteiger partial charge in [-0.1, -0.05) is 18.2 Å². The molecule has 3 aromatic rings. The minimum absolute atomic E-state index is 0.0944. The van der Waals surface area contributed by atoms with Gasteiger partial charge in [0.05, 0.1) is 22.5 Å². The maximum atomic E-state index is 12.0. The molecule has 2 heterocycles. The fourth-order valence-electron chi connectivity index (χ4n) is 2.61. The number of nitrogens with one attached hydrogen (secondary N) is 1. The van der Waals surface area contributed by atoms with Gasteiger partial charge >= 0.3 is 5.97 Å². The molecule has 3 rings (SSSR count). The van der Waals surface area contributed by atoms with Crippen molar-refractivity contribution in [3.63, 3.8) is 0 Å². The smallest absolute Gasteiger partial charge is 0.326 e. The summed E-state index contributed by atoms with van der Waals surface area (Å²) in [6.07, 6.45) is 0.533. The second-order valence-electron chi connectivity index (χ2n) is 5.39. The Morgan fingerprint density at radius 1 is 1.24 bits per heavy atom. The Kier molecular flexibility index (Phi) is 5.45. The standard InChI is InChI=1S/C18H19N3O3S/c1-2-24-17(22)12-21-14-7-4-3-6-13(14)20-16(21)9-10-19-18(23)15-8-5-11-25-15/h3-8,11H,2,9-10,12H2,1H3,(H,19,23). The Morgan fingerprint density at radius 2 is 2.08 bits per heavy atom. The first-order valence-electron chi connectivity index (χ1n) is 8.10. The van der Waals surface area contributed by atoms with Crippen LogP contribution in [0.2, 0.25) is 0 Å². The number of fused-ring (bicyclic) bond motifs is 1. The lowest BCUT2D eigenvalue weighted by Crippen LogP contribution is -2.26. The van der Waals surface area contributed by atoms with E-state index in [1.54, 1.807) is 13.0 Å². The first kappa shape index (κ1) is 17.2. The molecule has 0 unspecified atom stereocenters. The number of nitrogens with zero attached hydrogens (tertiary/aromatic N) is 2. The Bertz CT molecular complexity index is 871. The molecule has 0 saturated carbocycles. The van der Waals surface area contributed by atoms with Crippen LogP contribution in [0.3, 0.4) is 0 Å². The predicted molar refractivity (Wildman–Crippen MR) is 96.7 cm³/mol. The molecule has 0 aliphatic carbocycles. The van der Waals surface area contributed by atoms with E-state index in [4.69, 9.17) is 4.74 Å². The van der Waals surface area contributed by atoms with Crippen molar-refractivity contribution in [2.24, 2.45) is 0 Å². The van der Waals surface area contributed by atoms with Gasteiger partial charge in [-0.05, 0) is 30.5 Å². The third-order valence-electron chi connectivity index (χ3n) is 3.71. The van der Waals surface area contributed by atoms with Gasteiger partial charge in [0, 0.05) is 13.0 Å². The Balaban J connectivity index is 1.73. The molecule has 0 radical (unpaired) electrons. The second-order valence-corrected chi connectivity index (χ2v) is 6.34. The van der Waals surface area contributed by atoms with E-state index >= 15 is 0 Å². The van der Waals surface area contributed by atoms with Crippen LogP contribution >= 0.6 is 11.3 Å². The topological polar surface area (TPSA) is 73.2 Å². The summed E-state index contributed by atoms with van der Waals surface area (Å²) in [5.74, 6) is 0.360. The predicted octanol–water partition coefficient (Wildman–Crippen LogP) is 2.63. The molecular formula is C18H19N3O3S. The number of carbonyl (C=O) groups is 2. The molecule has 0 aliphatic rings. The molecule has 6 nitrogen and oxygen atoms in total. The van der Waals surface area contributed by atoms with Gasteiger partial charge in [0.25, 0.3) is 5.91 Å². The fraction of sp³-hybridized carbons (Fsp3) is 0.278. The number of imidazole rings is 1. The summed E-state index contributed by atoms with van der Waals surface area (Å²) in [6, 6.07) is 11.3. The number of rotatable bonds is 7. The lowest BCUT2D eigenvalue weighted by Gasteiger charge is -2.09. The fourth-order valence-corrected chi connectivity index (χ4v) is 3.25. The van der Waals surface area contributed by atoms with Gasteiger partial charge in [0.1, 0.15) is 12.4 Å². The lowest BCUT2D eigenvalue weighted by molar-refractivity contribution is -0.143. The molecule has 1 amide bonds. The maximum Gasteiger partial charge on any atom is 0.326 e. The van der Waals surface area contributed by atoms with Crippen LogP contribution in [0.4, 0.5) is 0 Å². The largest absolute Gasteiger partial charge is 0.465 e. The highest BCUT2D eigenvalue weighted by Gasteiger charge is 2.14. The van der Waals surface area contributed by atoms with Gasteiger partial charge < -0.3 is 14.6 Å². The summed E-state index contributed by atoms with van der Waals surface area (Å²) >= 11 is 1.40. The van der Waals surface area contributed by atoms with Gasteiger partial charge in [0.2, 0.25) is 0 Å². The van der Waals surface area contributed by atoms with E-state index in [-0.39, 0.29) is 18.4 Å². The Morgan fingerprint density at radius 3 is 2.84 bits per heavy atom. The minimum atomic E-state index is -0.297. The first-order chi connectivity index (χ1) is 12.2. The van der Waals surface area contributed by atoms with Crippen LogP contribution < -0.4 is 5.32 Å². The van der Waals surface area contributed by atoms with Gasteiger partial charge in [-0.15, -0.1) is 11.3 Å². The van der Waals surface area contributed by atoms with Gasteiger partial charge in [-0.3, -0.25) is 9.59 Å². The number of aromatic nitrogens is 2. The van der Waals surface area contributed by atoms with E-state index in [1.165, 1.54) is 11.3 Å². The summed E-state index contributed by atoms with van der Waals surface area (Å²) in [6.45, 7) is 2.69. The normalized spacial score (nSPS) is 10.8. The number of benzene rings is 1. The maximum absolute atomic E-state index is 12.0. The average molecular weight is 357 g/mol. The number of thiophene rings is 1. The molecular weight excluding hydrogens is 338 g/mol. The first-order valence-corrected chi connectivity index (χ1v) is 8.98. The zero-order chi connectivity index (χ0) is 17.6. The van der Waals surface area contributed by atoms with E-state index < -0.39 is 0 Å². The molecule has 0 atom stereocenters. The number of ether oxygens (including phenoxy) is 1. The van der Waals surface area contributed by atoms with Crippen LogP contribution in [-0.4, -0.2) is 34.6 Å². The van der Waals surface area contributed by atoms with Crippen molar-refractivity contribution in [3.05, 3.63) is 52.5 Å². The van der Waals surface area contributed by atoms with Crippen molar-refractivity contribution in [1.82, 2.24) is 14.9 Å². The molecule has 2 aromatic heterocycles. The number of hydrogen-bond acceptors (Lipinski definition) is 5. The van der Waals surface area contributed by atoms with Crippen molar-refractivity contribution < 1.29 is 14.3 Å². The van der Waals surface area contributed by atoms with Crippen LogP contribution in [0, 0.1) is 0 Å². The molecule has 0 spiro atoms. The highest BCUT2D eigenvalue weighted by Crippen LogP contribution is 2.16. The molecule has 1 N–H and O–H groups in total. The van der Waals surface area contributed by atoms with Crippen molar-refractivity contribution in [3.8, 4) is 0 Å². The molecule has 7 heteroatoms. The van der Waals surface area contributed by atoms with Crippen molar-refractivity contribution in [2.75, 3.05) is 13.2 Å². The van der Waals surface area contributed by atoms with E-state index in [2.05, 4.69) is 10.3 Å². The quantitative estimate of drug-likeness (QED) is 0.660. The zero-order valence-corrected chi connectivity index (χ0v) is 14.7. The number of esters is 1. The van der Waals surface area contributed by atoms with Crippen molar-refractivity contribution >= 4 is 34.2 Å². The minimum Gasteiger partial charge on any atom is -0.465 e. The molecule has 0 saturated heterocycles. The third kappa shape index (κ3) is 4.06. The summed E-state index contributed by atoms with van der Waals surface area (Å²) in [4.78, 5) is 29.2. The SMILES string of the molecule is CCOC(=O)Cn1c(CCNC(=O)c2cccs2)nc2ccccc21. The highest BCUT2D eigenvalue weighted by molar-refractivity contribution is 7.12.